The van der Waals surface area contributed by atoms with Gasteiger partial charge in [0.05, 0.1) is 0 Å². The molecule has 1 N–H and O–H groups in total. The summed E-state index contributed by atoms with van der Waals surface area (Å²) in [6, 6.07) is 5.55. The van der Waals surface area contributed by atoms with E-state index in [0.717, 1.165) is 29.2 Å². The van der Waals surface area contributed by atoms with Crippen molar-refractivity contribution in [1.29, 1.82) is 0 Å². The Kier molecular flexibility index (Phi) is 2.33. The highest BCUT2D eigenvalue weighted by Crippen LogP contribution is 2.30. The molecule has 1 heterocycles. The quantitative estimate of drug-likeness (QED) is 0.699. The van der Waals surface area contributed by atoms with Gasteiger partial charge in [0.25, 0.3) is 0 Å². The fourth-order valence-corrected chi connectivity index (χ4v) is 1.91. The Labute approximate surface area is 87.7 Å². The lowest BCUT2D eigenvalue weighted by atomic mass is 10.2. The summed E-state index contributed by atoms with van der Waals surface area (Å²) in [5.41, 5.74) is 2.11. The van der Waals surface area contributed by atoms with Gasteiger partial charge in [0, 0.05) is 24.3 Å². The fourth-order valence-electron chi connectivity index (χ4n) is 1.72. The molecule has 1 aliphatic rings. The molecule has 74 valence electrons. The summed E-state index contributed by atoms with van der Waals surface area (Å²) in [6.45, 7) is 0.731. The number of anilines is 1. The first kappa shape index (κ1) is 9.34. The number of carbonyl (C=O) groups excluding carboxylic acids is 1. The minimum absolute atomic E-state index is 0.0638. The minimum atomic E-state index is -0.0638. The standard InChI is InChI=1S/C10H11ClN2O/c1-12-10(14)13-5-4-7-6-8(11)2-3-9(7)13/h2-3,6H,4-5H2,1H3,(H,12,14). The molecule has 0 unspecified atom stereocenters. The predicted octanol–water partition coefficient (Wildman–Crippen LogP) is 2.04. The van der Waals surface area contributed by atoms with E-state index in [9.17, 15) is 4.79 Å². The van der Waals surface area contributed by atoms with Crippen molar-refractivity contribution in [3.8, 4) is 0 Å². The van der Waals surface area contributed by atoms with E-state index in [0.29, 0.717) is 0 Å². The van der Waals surface area contributed by atoms with Crippen LogP contribution in [0.15, 0.2) is 18.2 Å². The van der Waals surface area contributed by atoms with Crippen molar-refractivity contribution in [2.45, 2.75) is 6.42 Å². The Bertz CT molecular complexity index is 378. The summed E-state index contributed by atoms with van der Waals surface area (Å²) in [5, 5.41) is 3.34. The minimum Gasteiger partial charge on any atom is -0.341 e. The maximum atomic E-state index is 11.4. The maximum Gasteiger partial charge on any atom is 0.321 e. The van der Waals surface area contributed by atoms with E-state index in [1.807, 2.05) is 18.2 Å². The van der Waals surface area contributed by atoms with Crippen LogP contribution in [0.1, 0.15) is 5.56 Å². The highest BCUT2D eigenvalue weighted by atomic mass is 35.5. The lowest BCUT2D eigenvalue weighted by Gasteiger charge is -2.16. The SMILES string of the molecule is CNC(=O)N1CCc2cc(Cl)ccc21. The maximum absolute atomic E-state index is 11.4. The molecular weight excluding hydrogens is 200 g/mol. The number of amides is 2. The molecule has 0 spiro atoms. The van der Waals surface area contributed by atoms with Gasteiger partial charge in [0.15, 0.2) is 0 Å². The molecule has 0 fully saturated rings. The number of hydrogen-bond donors (Lipinski definition) is 1. The van der Waals surface area contributed by atoms with Crippen LogP contribution >= 0.6 is 11.6 Å². The molecule has 0 saturated heterocycles. The van der Waals surface area contributed by atoms with E-state index in [1.165, 1.54) is 0 Å². The van der Waals surface area contributed by atoms with Gasteiger partial charge in [-0.05, 0) is 30.2 Å². The first-order valence-corrected chi connectivity index (χ1v) is 4.88. The molecule has 0 bridgehead atoms. The van der Waals surface area contributed by atoms with Gasteiger partial charge >= 0.3 is 6.03 Å². The Hall–Kier alpha value is -1.22. The smallest absolute Gasteiger partial charge is 0.321 e. The van der Waals surface area contributed by atoms with Crippen molar-refractivity contribution in [3.05, 3.63) is 28.8 Å². The average molecular weight is 211 g/mol. The summed E-state index contributed by atoms with van der Waals surface area (Å²) in [6.07, 6.45) is 0.878. The zero-order valence-corrected chi connectivity index (χ0v) is 8.64. The number of nitrogens with one attached hydrogen (secondary N) is 1. The highest BCUT2D eigenvalue weighted by molar-refractivity contribution is 6.30. The first-order chi connectivity index (χ1) is 6.72. The van der Waals surface area contributed by atoms with E-state index in [1.54, 1.807) is 11.9 Å². The van der Waals surface area contributed by atoms with Crippen molar-refractivity contribution >= 4 is 23.3 Å². The number of rotatable bonds is 0. The molecule has 0 aromatic heterocycles. The first-order valence-electron chi connectivity index (χ1n) is 4.50. The second-order valence-corrected chi connectivity index (χ2v) is 3.67. The molecule has 0 atom stereocenters. The zero-order valence-electron chi connectivity index (χ0n) is 7.88. The van der Waals surface area contributed by atoms with Crippen molar-refractivity contribution in [1.82, 2.24) is 5.32 Å². The molecule has 4 heteroatoms. The van der Waals surface area contributed by atoms with Crippen LogP contribution in [0, 0.1) is 0 Å². The number of hydrogen-bond acceptors (Lipinski definition) is 1. The van der Waals surface area contributed by atoms with Crippen LogP contribution in [0.3, 0.4) is 0 Å². The fraction of sp³-hybridized carbons (Fsp3) is 0.300. The Morgan fingerprint density at radius 1 is 1.57 bits per heavy atom. The van der Waals surface area contributed by atoms with Gasteiger partial charge in [0.2, 0.25) is 0 Å². The van der Waals surface area contributed by atoms with Crippen LogP contribution in [0.2, 0.25) is 5.02 Å². The normalized spacial score (nSPS) is 14.0. The molecule has 0 aliphatic carbocycles. The van der Waals surface area contributed by atoms with Crippen molar-refractivity contribution in [2.24, 2.45) is 0 Å². The van der Waals surface area contributed by atoms with Gasteiger partial charge in [-0.2, -0.15) is 0 Å². The number of halogens is 1. The molecule has 0 radical (unpaired) electrons. The lowest BCUT2D eigenvalue weighted by Crippen LogP contribution is -2.36. The molecule has 1 aromatic carbocycles. The molecule has 14 heavy (non-hydrogen) atoms. The number of fused-ring (bicyclic) bond motifs is 1. The van der Waals surface area contributed by atoms with Crippen LogP contribution in [0.25, 0.3) is 0 Å². The topological polar surface area (TPSA) is 32.3 Å². The zero-order chi connectivity index (χ0) is 10.1. The van der Waals surface area contributed by atoms with E-state index in [-0.39, 0.29) is 6.03 Å². The van der Waals surface area contributed by atoms with E-state index < -0.39 is 0 Å². The van der Waals surface area contributed by atoms with Crippen LogP contribution in [0.4, 0.5) is 10.5 Å². The van der Waals surface area contributed by atoms with Gasteiger partial charge in [-0.15, -0.1) is 0 Å². The molecule has 1 aliphatic heterocycles. The van der Waals surface area contributed by atoms with Gasteiger partial charge in [-0.1, -0.05) is 11.6 Å². The van der Waals surface area contributed by atoms with Crippen LogP contribution in [0.5, 0.6) is 0 Å². The Morgan fingerprint density at radius 2 is 2.36 bits per heavy atom. The summed E-state index contributed by atoms with van der Waals surface area (Å²) in [7, 11) is 1.64. The molecular formula is C10H11ClN2O. The van der Waals surface area contributed by atoms with Crippen molar-refractivity contribution in [2.75, 3.05) is 18.5 Å². The van der Waals surface area contributed by atoms with Gasteiger partial charge in [-0.25, -0.2) is 4.79 Å². The molecule has 2 rings (SSSR count). The Morgan fingerprint density at radius 3 is 3.07 bits per heavy atom. The van der Waals surface area contributed by atoms with Gasteiger partial charge in [0.1, 0.15) is 0 Å². The number of benzene rings is 1. The second-order valence-electron chi connectivity index (χ2n) is 3.23. The van der Waals surface area contributed by atoms with E-state index in [4.69, 9.17) is 11.6 Å². The monoisotopic (exact) mass is 210 g/mol. The van der Waals surface area contributed by atoms with Crippen molar-refractivity contribution in [3.63, 3.8) is 0 Å². The van der Waals surface area contributed by atoms with Gasteiger partial charge < -0.3 is 5.32 Å². The largest absolute Gasteiger partial charge is 0.341 e. The Balaban J connectivity index is 2.35. The summed E-state index contributed by atoms with van der Waals surface area (Å²) in [5.74, 6) is 0. The van der Waals surface area contributed by atoms with Gasteiger partial charge in [-0.3, -0.25) is 4.90 Å². The summed E-state index contributed by atoms with van der Waals surface area (Å²) in [4.78, 5) is 13.2. The summed E-state index contributed by atoms with van der Waals surface area (Å²) >= 11 is 5.87. The third-order valence-electron chi connectivity index (χ3n) is 2.40. The number of nitrogens with zero attached hydrogens (tertiary/aromatic N) is 1. The number of urea groups is 1. The molecule has 1 aromatic rings. The van der Waals surface area contributed by atoms with E-state index in [2.05, 4.69) is 5.32 Å². The van der Waals surface area contributed by atoms with E-state index >= 15 is 0 Å². The lowest BCUT2D eigenvalue weighted by molar-refractivity contribution is 0.248. The number of carbonyl (C=O) groups is 1. The molecule has 0 saturated carbocycles. The second kappa shape index (κ2) is 3.50. The summed E-state index contributed by atoms with van der Waals surface area (Å²) < 4.78 is 0. The third-order valence-corrected chi connectivity index (χ3v) is 2.63. The average Bonchev–Trinajstić information content (AvgIpc) is 2.59. The highest BCUT2D eigenvalue weighted by Gasteiger charge is 2.23. The molecule has 3 nitrogen and oxygen atoms in total. The predicted molar refractivity (Wildman–Crippen MR) is 57.0 cm³/mol. The van der Waals surface area contributed by atoms with Crippen LogP contribution in [-0.4, -0.2) is 19.6 Å². The van der Waals surface area contributed by atoms with Crippen LogP contribution < -0.4 is 10.2 Å². The molecule has 2 amide bonds. The van der Waals surface area contributed by atoms with Crippen LogP contribution in [-0.2, 0) is 6.42 Å². The van der Waals surface area contributed by atoms with Crippen molar-refractivity contribution < 1.29 is 4.79 Å². The third kappa shape index (κ3) is 1.44.